The number of likely N-dealkylation sites (N-methyl/N-ethyl adjacent to an activating group) is 1. The molecule has 0 spiro atoms. The number of halogens is 1. The highest BCUT2D eigenvalue weighted by atomic mass is 35.5. The van der Waals surface area contributed by atoms with E-state index < -0.39 is 7.26 Å². The number of guanidine groups is 1. The summed E-state index contributed by atoms with van der Waals surface area (Å²) in [4.78, 5) is 13.6. The lowest BCUT2D eigenvalue weighted by Crippen LogP contribution is -3.00. The number of hydrogen-bond donors (Lipinski definition) is 3. The zero-order valence-electron chi connectivity index (χ0n) is 18.2. The highest BCUT2D eigenvalue weighted by Gasteiger charge is 2.44. The van der Waals surface area contributed by atoms with Crippen LogP contribution in [0.15, 0.2) is 91.0 Å². The van der Waals surface area contributed by atoms with Gasteiger partial charge < -0.3 is 28.4 Å². The summed E-state index contributed by atoms with van der Waals surface area (Å²) in [6.07, 6.45) is 1.80. The van der Waals surface area contributed by atoms with Gasteiger partial charge in [-0.1, -0.05) is 54.6 Å². The number of nitrogens with zero attached hydrogens (tertiary/aromatic N) is 1. The van der Waals surface area contributed by atoms with Crippen LogP contribution in [0.5, 0.6) is 0 Å². The summed E-state index contributed by atoms with van der Waals surface area (Å²) in [6, 6.07) is 32.2. The Balaban J connectivity index is 0.00000363. The second kappa shape index (κ2) is 12.2. The molecule has 5 nitrogen and oxygen atoms in total. The third kappa shape index (κ3) is 6.09. The van der Waals surface area contributed by atoms with Crippen molar-refractivity contribution in [1.29, 1.82) is 5.41 Å². The van der Waals surface area contributed by atoms with Crippen molar-refractivity contribution in [3.63, 3.8) is 0 Å². The third-order valence-electron chi connectivity index (χ3n) is 5.38. The topological polar surface area (TPSA) is 82.2 Å². The predicted molar refractivity (Wildman–Crippen MR) is 132 cm³/mol. The average Bonchev–Trinajstić information content (AvgIpc) is 2.81. The number of nitrogens with one attached hydrogen (secondary N) is 2. The van der Waals surface area contributed by atoms with Crippen LogP contribution in [0.25, 0.3) is 0 Å². The molecule has 32 heavy (non-hydrogen) atoms. The van der Waals surface area contributed by atoms with Gasteiger partial charge in [0.1, 0.15) is 23.2 Å². The average molecular weight is 469 g/mol. The van der Waals surface area contributed by atoms with E-state index >= 15 is 0 Å². The molecule has 168 valence electrons. The normalized spacial score (nSPS) is 10.7. The Morgan fingerprint density at radius 1 is 0.875 bits per heavy atom. The van der Waals surface area contributed by atoms with Gasteiger partial charge in [0.25, 0.3) is 0 Å². The fourth-order valence-electron chi connectivity index (χ4n) is 3.78. The Labute approximate surface area is 197 Å². The Morgan fingerprint density at radius 3 is 1.66 bits per heavy atom. The van der Waals surface area contributed by atoms with Crippen LogP contribution in [0.2, 0.25) is 0 Å². The number of benzene rings is 3. The van der Waals surface area contributed by atoms with Gasteiger partial charge in [0.05, 0.1) is 12.7 Å². The van der Waals surface area contributed by atoms with Crippen molar-refractivity contribution < 1.29 is 17.2 Å². The van der Waals surface area contributed by atoms with E-state index in [1.807, 2.05) is 0 Å². The molecule has 0 saturated heterocycles. The second-order valence-corrected chi connectivity index (χ2v) is 11.1. The van der Waals surface area contributed by atoms with Crippen LogP contribution in [-0.4, -0.2) is 43.1 Å². The minimum Gasteiger partial charge on any atom is -1.00 e. The van der Waals surface area contributed by atoms with Crippen LogP contribution >= 0.6 is 7.26 Å². The molecule has 0 radical (unpaired) electrons. The second-order valence-electron chi connectivity index (χ2n) is 7.48. The van der Waals surface area contributed by atoms with Gasteiger partial charge in [0.15, 0.2) is 5.96 Å². The van der Waals surface area contributed by atoms with Crippen molar-refractivity contribution in [2.75, 3.05) is 26.3 Å². The van der Waals surface area contributed by atoms with Crippen LogP contribution in [0.4, 0.5) is 0 Å². The van der Waals surface area contributed by atoms with E-state index in [4.69, 9.17) is 11.1 Å². The van der Waals surface area contributed by atoms with Crippen LogP contribution in [0.1, 0.15) is 6.42 Å². The van der Waals surface area contributed by atoms with Gasteiger partial charge in [0, 0.05) is 13.6 Å². The number of rotatable bonds is 9. The molecule has 0 unspecified atom stereocenters. The summed E-state index contributed by atoms with van der Waals surface area (Å²) in [5, 5.41) is 14.4. The first-order chi connectivity index (χ1) is 15.0. The van der Waals surface area contributed by atoms with Gasteiger partial charge in [0.2, 0.25) is 5.91 Å². The minimum atomic E-state index is -1.87. The van der Waals surface area contributed by atoms with E-state index in [2.05, 4.69) is 96.3 Å². The largest absolute Gasteiger partial charge is 1.00 e. The molecule has 0 bridgehead atoms. The first kappa shape index (κ1) is 25.4. The van der Waals surface area contributed by atoms with Crippen molar-refractivity contribution in [2.45, 2.75) is 6.42 Å². The molecule has 0 heterocycles. The minimum absolute atomic E-state index is 0. The van der Waals surface area contributed by atoms with E-state index in [1.165, 1.54) is 20.8 Å². The van der Waals surface area contributed by atoms with Crippen molar-refractivity contribution in [2.24, 2.45) is 5.73 Å². The third-order valence-corrected chi connectivity index (χ3v) is 9.90. The summed E-state index contributed by atoms with van der Waals surface area (Å²) >= 11 is 0. The standard InChI is InChI=1S/C25H29N4OP.ClH/c1-29(25(26)27)20-24(30)28-18-11-19-31(21-12-5-2-6-13-21,22-14-7-3-8-15-22)23-16-9-4-10-17-23;/h2-10,12-17H,11,18-20H2,1H3,(H3-,26,27,28,30);1H. The Kier molecular flexibility index (Phi) is 9.70. The Morgan fingerprint density at radius 2 is 1.28 bits per heavy atom. The van der Waals surface area contributed by atoms with Crippen molar-refractivity contribution >= 4 is 35.0 Å². The van der Waals surface area contributed by atoms with Gasteiger partial charge in [-0.05, 0) is 42.8 Å². The number of amides is 1. The van der Waals surface area contributed by atoms with Crippen LogP contribution < -0.4 is 39.4 Å². The highest BCUT2D eigenvalue weighted by molar-refractivity contribution is 7.95. The summed E-state index contributed by atoms with van der Waals surface area (Å²) in [7, 11) is -0.235. The molecular formula is C25H30ClN4OP. The lowest BCUT2D eigenvalue weighted by atomic mass is 10.3. The molecule has 0 aromatic heterocycles. The smallest absolute Gasteiger partial charge is 0.239 e. The number of carbonyl (C=O) groups excluding carboxylic acids is 1. The molecule has 3 aromatic carbocycles. The lowest BCUT2D eigenvalue weighted by Gasteiger charge is -2.27. The zero-order chi connectivity index (χ0) is 22.1. The quantitative estimate of drug-likeness (QED) is 0.168. The molecule has 1 amide bonds. The monoisotopic (exact) mass is 468 g/mol. The number of hydrogen-bond acceptors (Lipinski definition) is 2. The van der Waals surface area contributed by atoms with Gasteiger partial charge >= 0.3 is 0 Å². The Hall–Kier alpha value is -2.88. The van der Waals surface area contributed by atoms with E-state index in [9.17, 15) is 4.79 Å². The lowest BCUT2D eigenvalue weighted by molar-refractivity contribution is -0.121. The van der Waals surface area contributed by atoms with E-state index in [0.29, 0.717) is 6.54 Å². The van der Waals surface area contributed by atoms with Crippen LogP contribution in [-0.2, 0) is 4.79 Å². The molecule has 0 saturated carbocycles. The van der Waals surface area contributed by atoms with E-state index in [-0.39, 0.29) is 30.8 Å². The molecule has 0 atom stereocenters. The SMILES string of the molecule is CN(CC(=O)NCCC[P+](c1ccccc1)(c1ccccc1)c1ccccc1)C(=N)N.[Cl-]. The molecular weight excluding hydrogens is 439 g/mol. The molecule has 0 aliphatic heterocycles. The Bertz CT molecular complexity index is 890. The molecule has 3 rings (SSSR count). The fraction of sp³-hybridized carbons (Fsp3) is 0.200. The fourth-order valence-corrected chi connectivity index (χ4v) is 8.13. The summed E-state index contributed by atoms with van der Waals surface area (Å²) < 4.78 is 0. The maximum absolute atomic E-state index is 12.2. The van der Waals surface area contributed by atoms with Gasteiger partial charge in [-0.2, -0.15) is 0 Å². The predicted octanol–water partition coefficient (Wildman–Crippen LogP) is -0.684. The number of nitrogens with two attached hydrogens (primary N) is 1. The summed E-state index contributed by atoms with van der Waals surface area (Å²) in [5.41, 5.74) is 5.42. The van der Waals surface area contributed by atoms with E-state index in [0.717, 1.165) is 12.6 Å². The molecule has 0 fully saturated rings. The van der Waals surface area contributed by atoms with Crippen LogP contribution in [0, 0.1) is 5.41 Å². The maximum Gasteiger partial charge on any atom is 0.239 e. The van der Waals surface area contributed by atoms with E-state index in [1.54, 1.807) is 7.05 Å². The van der Waals surface area contributed by atoms with Gasteiger partial charge in [-0.15, -0.1) is 0 Å². The highest BCUT2D eigenvalue weighted by Crippen LogP contribution is 2.55. The van der Waals surface area contributed by atoms with Crippen molar-refractivity contribution in [3.05, 3.63) is 91.0 Å². The van der Waals surface area contributed by atoms with Gasteiger partial charge in [-0.25, -0.2) is 0 Å². The summed E-state index contributed by atoms with van der Waals surface area (Å²) in [6.45, 7) is 0.671. The molecule has 3 aromatic rings. The maximum atomic E-state index is 12.2. The zero-order valence-corrected chi connectivity index (χ0v) is 19.9. The van der Waals surface area contributed by atoms with Crippen molar-refractivity contribution in [3.8, 4) is 0 Å². The van der Waals surface area contributed by atoms with Crippen molar-refractivity contribution in [1.82, 2.24) is 10.2 Å². The molecule has 0 aliphatic rings. The van der Waals surface area contributed by atoms with Crippen LogP contribution in [0.3, 0.4) is 0 Å². The van der Waals surface area contributed by atoms with Gasteiger partial charge in [-0.3, -0.25) is 10.2 Å². The molecule has 4 N–H and O–H groups in total. The summed E-state index contributed by atoms with van der Waals surface area (Å²) in [5.74, 6) is -0.238. The number of carbonyl (C=O) groups is 1. The molecule has 0 aliphatic carbocycles. The first-order valence-electron chi connectivity index (χ1n) is 10.4. The molecule has 7 heteroatoms. The first-order valence-corrected chi connectivity index (χ1v) is 12.4.